The fourth-order valence-electron chi connectivity index (χ4n) is 1.27. The third-order valence-electron chi connectivity index (χ3n) is 2.13. The van der Waals surface area contributed by atoms with E-state index in [0.29, 0.717) is 12.8 Å². The van der Waals surface area contributed by atoms with Crippen LogP contribution in [-0.2, 0) is 14.4 Å². The van der Waals surface area contributed by atoms with E-state index in [2.05, 4.69) is 5.32 Å². The maximum atomic E-state index is 11.3. The zero-order valence-electron chi connectivity index (χ0n) is 7.87. The molecular formula is C8H14N2O3. The van der Waals surface area contributed by atoms with Crippen LogP contribution < -0.4 is 5.32 Å². The van der Waals surface area contributed by atoms with Gasteiger partial charge < -0.3 is 5.32 Å². The molecule has 0 spiro atoms. The number of hydrogen-bond acceptors (Lipinski definition) is 3. The van der Waals surface area contributed by atoms with Crippen LogP contribution >= 0.6 is 0 Å². The molecule has 0 aromatic heterocycles. The second kappa shape index (κ2) is 4.23. The molecule has 1 rings (SSSR count). The first-order valence-corrected chi connectivity index (χ1v) is 4.23. The van der Waals surface area contributed by atoms with Crippen LogP contribution in [0.15, 0.2) is 0 Å². The van der Waals surface area contributed by atoms with Gasteiger partial charge in [-0.05, 0) is 6.42 Å². The number of hydroxylamine groups is 2. The van der Waals surface area contributed by atoms with Crippen molar-refractivity contribution in [3.05, 3.63) is 0 Å². The Bertz CT molecular complexity index is 217. The average Bonchev–Trinajstić information content (AvgIpc) is 2.49. The van der Waals surface area contributed by atoms with E-state index in [4.69, 9.17) is 4.84 Å². The first kappa shape index (κ1) is 9.98. The molecule has 2 amide bonds. The van der Waals surface area contributed by atoms with Crippen molar-refractivity contribution >= 4 is 11.8 Å². The fourth-order valence-corrected chi connectivity index (χ4v) is 1.27. The summed E-state index contributed by atoms with van der Waals surface area (Å²) < 4.78 is 0. The zero-order chi connectivity index (χ0) is 9.84. The molecule has 1 aliphatic rings. The summed E-state index contributed by atoms with van der Waals surface area (Å²) in [4.78, 5) is 26.8. The number of carbonyl (C=O) groups excluding carboxylic acids is 2. The van der Waals surface area contributed by atoms with Crippen LogP contribution in [0.1, 0.15) is 19.3 Å². The van der Waals surface area contributed by atoms with Crippen molar-refractivity contribution in [1.29, 1.82) is 0 Å². The fraction of sp³-hybridized carbons (Fsp3) is 0.750. The third-order valence-corrected chi connectivity index (χ3v) is 2.13. The highest BCUT2D eigenvalue weighted by atomic mass is 16.7. The summed E-state index contributed by atoms with van der Waals surface area (Å²) in [6.07, 6.45) is 1.58. The lowest BCUT2D eigenvalue weighted by molar-refractivity contribution is -0.169. The summed E-state index contributed by atoms with van der Waals surface area (Å²) in [7, 11) is 2.99. The van der Waals surface area contributed by atoms with E-state index in [1.54, 1.807) is 7.05 Å². The van der Waals surface area contributed by atoms with Gasteiger partial charge in [-0.15, -0.1) is 0 Å². The van der Waals surface area contributed by atoms with Gasteiger partial charge in [0.1, 0.15) is 0 Å². The molecule has 13 heavy (non-hydrogen) atoms. The lowest BCUT2D eigenvalue weighted by Crippen LogP contribution is -2.33. The molecule has 0 unspecified atom stereocenters. The van der Waals surface area contributed by atoms with Crippen LogP contribution in [0.2, 0.25) is 0 Å². The van der Waals surface area contributed by atoms with E-state index in [0.717, 1.165) is 6.42 Å². The van der Waals surface area contributed by atoms with E-state index in [9.17, 15) is 9.59 Å². The normalized spacial score (nSPS) is 21.4. The van der Waals surface area contributed by atoms with Gasteiger partial charge in [0.2, 0.25) is 11.8 Å². The number of nitrogens with one attached hydrogen (secondary N) is 1. The van der Waals surface area contributed by atoms with Crippen LogP contribution in [-0.4, -0.2) is 37.1 Å². The number of nitrogens with zero attached hydrogens (tertiary/aromatic N) is 1. The Labute approximate surface area is 77.0 Å². The highest BCUT2D eigenvalue weighted by Crippen LogP contribution is 2.10. The SMILES string of the molecule is CON(C)C(=O)C[C@@H]1CCC(=O)N1. The second-order valence-corrected chi connectivity index (χ2v) is 3.08. The Hall–Kier alpha value is -1.10. The number of rotatable bonds is 3. The van der Waals surface area contributed by atoms with Gasteiger partial charge in [-0.1, -0.05) is 0 Å². The molecule has 1 fully saturated rings. The zero-order valence-corrected chi connectivity index (χ0v) is 7.87. The molecule has 5 heteroatoms. The van der Waals surface area contributed by atoms with Crippen LogP contribution in [0.5, 0.6) is 0 Å². The number of carbonyl (C=O) groups is 2. The predicted molar refractivity (Wildman–Crippen MR) is 45.6 cm³/mol. The lowest BCUT2D eigenvalue weighted by atomic mass is 10.1. The van der Waals surface area contributed by atoms with Crippen LogP contribution in [0.25, 0.3) is 0 Å². The van der Waals surface area contributed by atoms with E-state index in [-0.39, 0.29) is 17.9 Å². The molecule has 74 valence electrons. The van der Waals surface area contributed by atoms with Gasteiger partial charge >= 0.3 is 0 Å². The van der Waals surface area contributed by atoms with Gasteiger partial charge in [0.05, 0.1) is 7.11 Å². The highest BCUT2D eigenvalue weighted by molar-refractivity contribution is 5.81. The minimum atomic E-state index is -0.116. The molecule has 1 N–H and O–H groups in total. The van der Waals surface area contributed by atoms with E-state index in [1.807, 2.05) is 0 Å². The maximum absolute atomic E-state index is 11.3. The highest BCUT2D eigenvalue weighted by Gasteiger charge is 2.24. The van der Waals surface area contributed by atoms with Gasteiger partial charge in [-0.25, -0.2) is 5.06 Å². The van der Waals surface area contributed by atoms with Crippen molar-refractivity contribution in [2.45, 2.75) is 25.3 Å². The Kier molecular flexibility index (Phi) is 3.25. The molecule has 0 saturated carbocycles. The Balaban J connectivity index is 2.32. The molecule has 5 nitrogen and oxygen atoms in total. The summed E-state index contributed by atoms with van der Waals surface area (Å²) in [5.74, 6) is -0.0902. The van der Waals surface area contributed by atoms with Gasteiger partial charge in [-0.3, -0.25) is 14.4 Å². The van der Waals surface area contributed by atoms with Gasteiger partial charge in [0.15, 0.2) is 0 Å². The minimum absolute atomic E-state index is 0.0161. The van der Waals surface area contributed by atoms with E-state index < -0.39 is 0 Å². The molecule has 0 aromatic rings. The molecule has 0 aromatic carbocycles. The topological polar surface area (TPSA) is 58.6 Å². The number of amides is 2. The van der Waals surface area contributed by atoms with Crippen LogP contribution in [0, 0.1) is 0 Å². The van der Waals surface area contributed by atoms with Gasteiger partial charge in [0, 0.05) is 25.9 Å². The largest absolute Gasteiger partial charge is 0.353 e. The van der Waals surface area contributed by atoms with Crippen LogP contribution in [0.4, 0.5) is 0 Å². The smallest absolute Gasteiger partial charge is 0.247 e. The molecule has 0 bridgehead atoms. The van der Waals surface area contributed by atoms with E-state index in [1.165, 1.54) is 12.2 Å². The lowest BCUT2D eigenvalue weighted by Gasteiger charge is -2.16. The summed E-state index contributed by atoms with van der Waals surface area (Å²) in [5, 5.41) is 3.89. The Morgan fingerprint density at radius 2 is 2.46 bits per heavy atom. The second-order valence-electron chi connectivity index (χ2n) is 3.08. The summed E-state index contributed by atoms with van der Waals surface area (Å²) in [6.45, 7) is 0. The molecule has 0 aliphatic carbocycles. The monoisotopic (exact) mass is 186 g/mol. The van der Waals surface area contributed by atoms with Crippen molar-refractivity contribution in [3.63, 3.8) is 0 Å². The standard InChI is InChI=1S/C8H14N2O3/c1-10(13-2)8(12)5-6-3-4-7(11)9-6/h6H,3-5H2,1-2H3,(H,9,11)/t6-/m0/s1. The first-order chi connectivity index (χ1) is 6.13. The quantitative estimate of drug-likeness (QED) is 0.614. The summed E-state index contributed by atoms with van der Waals surface area (Å²) in [6, 6.07) is -0.0161. The van der Waals surface area contributed by atoms with Crippen molar-refractivity contribution in [1.82, 2.24) is 10.4 Å². The summed E-state index contributed by atoms with van der Waals surface area (Å²) >= 11 is 0. The Morgan fingerprint density at radius 3 is 2.92 bits per heavy atom. The molecule has 0 radical (unpaired) electrons. The molecular weight excluding hydrogens is 172 g/mol. The Morgan fingerprint density at radius 1 is 1.77 bits per heavy atom. The predicted octanol–water partition coefficient (Wildman–Crippen LogP) is -0.325. The van der Waals surface area contributed by atoms with Crippen LogP contribution in [0.3, 0.4) is 0 Å². The number of hydrogen-bond donors (Lipinski definition) is 1. The van der Waals surface area contributed by atoms with Gasteiger partial charge in [-0.2, -0.15) is 0 Å². The van der Waals surface area contributed by atoms with Crippen molar-refractivity contribution < 1.29 is 14.4 Å². The molecule has 1 heterocycles. The van der Waals surface area contributed by atoms with Crippen molar-refractivity contribution in [2.24, 2.45) is 0 Å². The van der Waals surface area contributed by atoms with E-state index >= 15 is 0 Å². The molecule has 1 aliphatic heterocycles. The minimum Gasteiger partial charge on any atom is -0.353 e. The average molecular weight is 186 g/mol. The third kappa shape index (κ3) is 2.69. The summed E-state index contributed by atoms with van der Waals surface area (Å²) in [5.41, 5.74) is 0. The molecule has 1 saturated heterocycles. The van der Waals surface area contributed by atoms with Crippen molar-refractivity contribution in [2.75, 3.05) is 14.2 Å². The maximum Gasteiger partial charge on any atom is 0.247 e. The first-order valence-electron chi connectivity index (χ1n) is 4.23. The van der Waals surface area contributed by atoms with Gasteiger partial charge in [0.25, 0.3) is 0 Å². The van der Waals surface area contributed by atoms with Crippen molar-refractivity contribution in [3.8, 4) is 0 Å². The molecule has 1 atom stereocenters.